The number of halogens is 3. The monoisotopic (exact) mass is 241 g/mol. The van der Waals surface area contributed by atoms with Crippen LogP contribution < -0.4 is 5.73 Å². The number of hydrogen-bond acceptors (Lipinski definition) is 1. The minimum absolute atomic E-state index is 0.0225. The van der Waals surface area contributed by atoms with Gasteiger partial charge < -0.3 is 5.73 Å². The molecular weight excluding hydrogens is 227 g/mol. The van der Waals surface area contributed by atoms with Gasteiger partial charge in [0.25, 0.3) is 0 Å². The second kappa shape index (κ2) is 3.25. The number of hydrogen-bond donors (Lipinski definition) is 1. The van der Waals surface area contributed by atoms with Crippen LogP contribution in [0.4, 0.5) is 13.2 Å². The van der Waals surface area contributed by atoms with Gasteiger partial charge in [0.15, 0.2) is 0 Å². The first kappa shape index (κ1) is 11.1. The largest absolute Gasteiger partial charge is 0.416 e. The summed E-state index contributed by atoms with van der Waals surface area (Å²) < 4.78 is 38.0. The molecule has 4 heteroatoms. The van der Waals surface area contributed by atoms with Crippen molar-refractivity contribution in [2.75, 3.05) is 6.54 Å². The third kappa shape index (κ3) is 1.50. The molecule has 2 N–H and O–H groups in total. The van der Waals surface area contributed by atoms with Crippen LogP contribution in [0.2, 0.25) is 0 Å². The molecule has 1 spiro atoms. The first-order valence-corrected chi connectivity index (χ1v) is 5.88. The van der Waals surface area contributed by atoms with Gasteiger partial charge in [-0.3, -0.25) is 0 Å². The molecule has 1 aromatic rings. The van der Waals surface area contributed by atoms with E-state index in [2.05, 4.69) is 0 Å². The summed E-state index contributed by atoms with van der Waals surface area (Å²) in [7, 11) is 0. The smallest absolute Gasteiger partial charge is 0.330 e. The highest BCUT2D eigenvalue weighted by molar-refractivity contribution is 5.47. The number of aryl methyl sites for hydroxylation is 1. The van der Waals surface area contributed by atoms with E-state index < -0.39 is 11.7 Å². The van der Waals surface area contributed by atoms with E-state index >= 15 is 0 Å². The van der Waals surface area contributed by atoms with E-state index in [1.165, 1.54) is 12.1 Å². The molecule has 1 saturated carbocycles. The molecule has 0 radical (unpaired) electrons. The maximum atomic E-state index is 12.7. The van der Waals surface area contributed by atoms with Gasteiger partial charge >= 0.3 is 6.18 Å². The minimum Gasteiger partial charge on any atom is -0.330 e. The number of fused-ring (bicyclic) bond motifs is 2. The Bertz CT molecular complexity index is 466. The lowest BCUT2D eigenvalue weighted by molar-refractivity contribution is -0.137. The molecule has 92 valence electrons. The summed E-state index contributed by atoms with van der Waals surface area (Å²) in [6, 6.07) is 4.18. The summed E-state index contributed by atoms with van der Waals surface area (Å²) in [6.07, 6.45) is -1.43. The van der Waals surface area contributed by atoms with Crippen LogP contribution in [-0.2, 0) is 18.0 Å². The zero-order valence-corrected chi connectivity index (χ0v) is 9.35. The van der Waals surface area contributed by atoms with Gasteiger partial charge in [-0.25, -0.2) is 0 Å². The van der Waals surface area contributed by atoms with Crippen molar-refractivity contribution in [3.8, 4) is 0 Å². The first-order valence-electron chi connectivity index (χ1n) is 5.88. The molecule has 0 aliphatic heterocycles. The van der Waals surface area contributed by atoms with E-state index in [9.17, 15) is 13.2 Å². The van der Waals surface area contributed by atoms with Crippen molar-refractivity contribution in [3.05, 3.63) is 34.9 Å². The minimum atomic E-state index is -4.24. The first-order chi connectivity index (χ1) is 7.97. The van der Waals surface area contributed by atoms with Crippen molar-refractivity contribution in [3.63, 3.8) is 0 Å². The van der Waals surface area contributed by atoms with Crippen molar-refractivity contribution < 1.29 is 13.2 Å². The van der Waals surface area contributed by atoms with Gasteiger partial charge in [0.05, 0.1) is 5.56 Å². The fourth-order valence-corrected chi connectivity index (χ4v) is 3.25. The second-order valence-corrected chi connectivity index (χ2v) is 5.16. The molecule has 17 heavy (non-hydrogen) atoms. The van der Waals surface area contributed by atoms with E-state index in [0.717, 1.165) is 30.4 Å². The van der Waals surface area contributed by atoms with E-state index in [1.807, 2.05) is 0 Å². The van der Waals surface area contributed by atoms with Crippen molar-refractivity contribution in [1.29, 1.82) is 0 Å². The van der Waals surface area contributed by atoms with E-state index in [0.29, 0.717) is 12.5 Å². The van der Waals surface area contributed by atoms with E-state index in [1.54, 1.807) is 6.07 Å². The second-order valence-electron chi connectivity index (χ2n) is 5.16. The van der Waals surface area contributed by atoms with Crippen LogP contribution in [-0.4, -0.2) is 6.54 Å². The lowest BCUT2D eigenvalue weighted by atomic mass is 9.94. The van der Waals surface area contributed by atoms with Gasteiger partial charge in [0.2, 0.25) is 0 Å². The molecule has 0 aromatic heterocycles. The normalized spacial score (nSPS) is 30.7. The van der Waals surface area contributed by atoms with Crippen LogP contribution in [0, 0.1) is 5.92 Å². The number of benzene rings is 1. The van der Waals surface area contributed by atoms with Gasteiger partial charge in [0.1, 0.15) is 0 Å². The van der Waals surface area contributed by atoms with Crippen molar-refractivity contribution in [1.82, 2.24) is 0 Å². The molecule has 0 bridgehead atoms. The standard InChI is InChI=1S/C13H14F3N/c14-13(15,16)9-2-1-8-3-4-12(11(8)5-9)6-10(12)7-17/h1-2,5,10H,3-4,6-7,17H2. The molecule has 2 unspecified atom stereocenters. The molecule has 1 fully saturated rings. The maximum absolute atomic E-state index is 12.7. The van der Waals surface area contributed by atoms with E-state index in [4.69, 9.17) is 5.73 Å². The Kier molecular flexibility index (Phi) is 2.12. The predicted molar refractivity (Wildman–Crippen MR) is 58.6 cm³/mol. The Hall–Kier alpha value is -1.03. The maximum Gasteiger partial charge on any atom is 0.416 e. The highest BCUT2D eigenvalue weighted by Gasteiger charge is 2.57. The molecule has 0 heterocycles. The average molecular weight is 241 g/mol. The fraction of sp³-hybridized carbons (Fsp3) is 0.538. The average Bonchev–Trinajstić information content (AvgIpc) is 2.87. The van der Waals surface area contributed by atoms with Gasteiger partial charge in [-0.2, -0.15) is 13.2 Å². The van der Waals surface area contributed by atoms with Crippen LogP contribution in [0.3, 0.4) is 0 Å². The predicted octanol–water partition coefficient (Wildman–Crippen LogP) is 2.87. The van der Waals surface area contributed by atoms with Gasteiger partial charge in [-0.15, -0.1) is 0 Å². The quantitative estimate of drug-likeness (QED) is 0.803. The summed E-state index contributed by atoms with van der Waals surface area (Å²) in [5.74, 6) is 0.382. The topological polar surface area (TPSA) is 26.0 Å². The molecule has 3 rings (SSSR count). The highest BCUT2D eigenvalue weighted by atomic mass is 19.4. The van der Waals surface area contributed by atoms with Crippen molar-refractivity contribution >= 4 is 0 Å². The molecule has 0 saturated heterocycles. The molecule has 1 aromatic carbocycles. The molecule has 2 aliphatic carbocycles. The summed E-state index contributed by atoms with van der Waals surface area (Å²) in [6.45, 7) is 0.579. The summed E-state index contributed by atoms with van der Waals surface area (Å²) in [4.78, 5) is 0. The van der Waals surface area contributed by atoms with Crippen molar-refractivity contribution in [2.24, 2.45) is 11.7 Å². The lowest BCUT2D eigenvalue weighted by Crippen LogP contribution is -2.13. The van der Waals surface area contributed by atoms with Crippen LogP contribution in [0.15, 0.2) is 18.2 Å². The Balaban J connectivity index is 2.03. The summed E-state index contributed by atoms with van der Waals surface area (Å²) >= 11 is 0. The fourth-order valence-electron chi connectivity index (χ4n) is 3.25. The van der Waals surface area contributed by atoms with E-state index in [-0.39, 0.29) is 5.41 Å². The van der Waals surface area contributed by atoms with Crippen LogP contribution in [0.5, 0.6) is 0 Å². The zero-order valence-electron chi connectivity index (χ0n) is 9.35. The van der Waals surface area contributed by atoms with Crippen LogP contribution >= 0.6 is 0 Å². The Morgan fingerprint density at radius 3 is 2.71 bits per heavy atom. The number of alkyl halides is 3. The number of rotatable bonds is 1. The molecule has 0 amide bonds. The van der Waals surface area contributed by atoms with Crippen molar-refractivity contribution in [2.45, 2.75) is 30.9 Å². The molecular formula is C13H14F3N. The number of nitrogens with two attached hydrogens (primary N) is 1. The SMILES string of the molecule is NCC1CC12CCc1ccc(C(F)(F)F)cc12. The van der Waals surface area contributed by atoms with Gasteiger partial charge in [0, 0.05) is 5.41 Å². The van der Waals surface area contributed by atoms with Crippen LogP contribution in [0.25, 0.3) is 0 Å². The Labute approximate surface area is 97.8 Å². The molecule has 2 atom stereocenters. The Morgan fingerprint density at radius 2 is 2.12 bits per heavy atom. The summed E-state index contributed by atoms with van der Waals surface area (Å²) in [5, 5.41) is 0. The molecule has 1 nitrogen and oxygen atoms in total. The van der Waals surface area contributed by atoms with Gasteiger partial charge in [-0.05, 0) is 55.0 Å². The highest BCUT2D eigenvalue weighted by Crippen LogP contribution is 2.61. The summed E-state index contributed by atoms with van der Waals surface area (Å²) in [5.41, 5.74) is 7.08. The lowest BCUT2D eigenvalue weighted by Gasteiger charge is -2.14. The third-order valence-corrected chi connectivity index (χ3v) is 4.33. The molecule has 2 aliphatic rings. The Morgan fingerprint density at radius 1 is 1.35 bits per heavy atom. The van der Waals surface area contributed by atoms with Gasteiger partial charge in [-0.1, -0.05) is 6.07 Å². The zero-order chi connectivity index (χ0) is 12.3. The van der Waals surface area contributed by atoms with Crippen LogP contribution in [0.1, 0.15) is 29.5 Å². The third-order valence-electron chi connectivity index (χ3n) is 4.33.